The van der Waals surface area contributed by atoms with E-state index in [0.29, 0.717) is 27.3 Å². The number of nitrogens with zero attached hydrogens (tertiary/aromatic N) is 3. The van der Waals surface area contributed by atoms with Gasteiger partial charge in [0.05, 0.1) is 22.9 Å². The molecule has 31 heavy (non-hydrogen) atoms. The molecule has 2 aromatic carbocycles. The Morgan fingerprint density at radius 1 is 1.16 bits per heavy atom. The van der Waals surface area contributed by atoms with Crippen LogP contribution in [0.4, 0.5) is 10.1 Å². The predicted octanol–water partition coefficient (Wildman–Crippen LogP) is 4.23. The van der Waals surface area contributed by atoms with Crippen molar-refractivity contribution >= 4 is 52.5 Å². The molecule has 0 aliphatic carbocycles. The van der Waals surface area contributed by atoms with Crippen molar-refractivity contribution in [2.45, 2.75) is 18.6 Å². The summed E-state index contributed by atoms with van der Waals surface area (Å²) in [6.07, 6.45) is 0. The second kappa shape index (κ2) is 10.1. The second-order valence-electron chi connectivity index (χ2n) is 6.56. The number of anilines is 1. The molecule has 3 aromatic rings. The number of hydrogen-bond donors (Lipinski definition) is 2. The summed E-state index contributed by atoms with van der Waals surface area (Å²) >= 11 is 13.1. The van der Waals surface area contributed by atoms with Crippen molar-refractivity contribution in [3.8, 4) is 0 Å². The zero-order valence-electron chi connectivity index (χ0n) is 16.6. The number of halogens is 3. The molecular formula is C20H18Cl2FN5O2S. The van der Waals surface area contributed by atoms with Crippen LogP contribution < -0.4 is 10.6 Å². The summed E-state index contributed by atoms with van der Waals surface area (Å²) in [7, 11) is 1.73. The van der Waals surface area contributed by atoms with Gasteiger partial charge >= 0.3 is 0 Å². The molecule has 0 saturated carbocycles. The molecule has 1 aromatic heterocycles. The fourth-order valence-electron chi connectivity index (χ4n) is 2.60. The molecule has 2 amide bonds. The van der Waals surface area contributed by atoms with Crippen LogP contribution in [0.25, 0.3) is 0 Å². The van der Waals surface area contributed by atoms with Gasteiger partial charge in [-0.1, -0.05) is 41.0 Å². The first kappa shape index (κ1) is 23.1. The number of carbonyl (C=O) groups is 2. The maximum atomic E-state index is 13.4. The molecule has 0 atom stereocenters. The van der Waals surface area contributed by atoms with E-state index in [4.69, 9.17) is 23.2 Å². The molecule has 0 saturated heterocycles. The van der Waals surface area contributed by atoms with Gasteiger partial charge in [-0.25, -0.2) is 4.39 Å². The van der Waals surface area contributed by atoms with E-state index < -0.39 is 5.82 Å². The van der Waals surface area contributed by atoms with Crippen molar-refractivity contribution in [1.82, 2.24) is 20.1 Å². The topological polar surface area (TPSA) is 88.9 Å². The number of carbonyl (C=O) groups excluding carboxylic acids is 2. The van der Waals surface area contributed by atoms with E-state index in [1.807, 2.05) is 0 Å². The van der Waals surface area contributed by atoms with Gasteiger partial charge < -0.3 is 15.2 Å². The first-order chi connectivity index (χ1) is 14.7. The highest BCUT2D eigenvalue weighted by Crippen LogP contribution is 2.21. The van der Waals surface area contributed by atoms with Crippen molar-refractivity contribution in [3.05, 3.63) is 69.2 Å². The van der Waals surface area contributed by atoms with Crippen LogP contribution in [0.1, 0.15) is 21.7 Å². The highest BCUT2D eigenvalue weighted by molar-refractivity contribution is 7.99. The summed E-state index contributed by atoms with van der Waals surface area (Å²) in [6, 6.07) is 8.81. The highest BCUT2D eigenvalue weighted by atomic mass is 35.5. The minimum atomic E-state index is -0.423. The lowest BCUT2D eigenvalue weighted by Gasteiger charge is -2.09. The zero-order chi connectivity index (χ0) is 22.5. The molecule has 162 valence electrons. The summed E-state index contributed by atoms with van der Waals surface area (Å²) in [6.45, 7) is 1.90. The van der Waals surface area contributed by atoms with E-state index in [1.165, 1.54) is 36.0 Å². The average molecular weight is 482 g/mol. The van der Waals surface area contributed by atoms with Gasteiger partial charge in [0.15, 0.2) is 11.0 Å². The molecule has 0 spiro atoms. The Hall–Kier alpha value is -2.62. The maximum Gasteiger partial charge on any atom is 0.253 e. The zero-order valence-corrected chi connectivity index (χ0v) is 18.9. The Bertz CT molecular complexity index is 1140. The first-order valence-corrected chi connectivity index (χ1v) is 10.8. The normalized spacial score (nSPS) is 10.7. The molecule has 7 nitrogen and oxygen atoms in total. The summed E-state index contributed by atoms with van der Waals surface area (Å²) in [4.78, 5) is 24.5. The number of hydrogen-bond acceptors (Lipinski definition) is 5. The van der Waals surface area contributed by atoms with Crippen molar-refractivity contribution in [3.63, 3.8) is 0 Å². The lowest BCUT2D eigenvalue weighted by molar-refractivity contribution is -0.113. The Labute approximate surface area is 192 Å². The fourth-order valence-corrected chi connectivity index (χ4v) is 3.82. The standard InChI is InChI=1S/C20H18Cl2FN5O2S/c1-11-3-5-13(23)8-16(11)25-18(29)10-31-20-27-26-17(28(20)2)9-24-19(30)14-6-4-12(21)7-15(14)22/h3-8H,9-10H2,1-2H3,(H,24,30)(H,25,29). The van der Waals surface area contributed by atoms with E-state index in [0.717, 1.165) is 5.56 Å². The number of benzene rings is 2. The SMILES string of the molecule is Cc1ccc(F)cc1NC(=O)CSc1nnc(CNC(=O)c2ccc(Cl)cc2Cl)n1C. The van der Waals surface area contributed by atoms with Gasteiger partial charge in [-0.3, -0.25) is 9.59 Å². The van der Waals surface area contributed by atoms with E-state index in [1.54, 1.807) is 30.7 Å². The van der Waals surface area contributed by atoms with Gasteiger partial charge in [-0.15, -0.1) is 10.2 Å². The first-order valence-electron chi connectivity index (χ1n) is 9.05. The van der Waals surface area contributed by atoms with Crippen LogP contribution in [0.15, 0.2) is 41.6 Å². The molecule has 2 N–H and O–H groups in total. The number of amides is 2. The van der Waals surface area contributed by atoms with Gasteiger partial charge in [0, 0.05) is 17.8 Å². The van der Waals surface area contributed by atoms with Crippen LogP contribution in [-0.2, 0) is 18.4 Å². The van der Waals surface area contributed by atoms with Gasteiger partial charge in [0.1, 0.15) is 5.82 Å². The summed E-state index contributed by atoms with van der Waals surface area (Å²) in [5, 5.41) is 14.7. The van der Waals surface area contributed by atoms with Gasteiger partial charge in [-0.2, -0.15) is 0 Å². The highest BCUT2D eigenvalue weighted by Gasteiger charge is 2.15. The average Bonchev–Trinajstić information content (AvgIpc) is 3.07. The van der Waals surface area contributed by atoms with Gasteiger partial charge in [0.2, 0.25) is 5.91 Å². The Balaban J connectivity index is 1.55. The molecule has 1 heterocycles. The minimum Gasteiger partial charge on any atom is -0.345 e. The lowest BCUT2D eigenvalue weighted by Crippen LogP contribution is -2.24. The lowest BCUT2D eigenvalue weighted by atomic mass is 10.2. The van der Waals surface area contributed by atoms with Crippen molar-refractivity contribution < 1.29 is 14.0 Å². The molecule has 0 fully saturated rings. The molecule has 0 aliphatic rings. The maximum absolute atomic E-state index is 13.4. The van der Waals surface area contributed by atoms with Gasteiger partial charge in [0.25, 0.3) is 5.91 Å². The second-order valence-corrected chi connectivity index (χ2v) is 8.35. The van der Waals surface area contributed by atoms with Crippen LogP contribution in [0.2, 0.25) is 10.0 Å². The van der Waals surface area contributed by atoms with Crippen LogP contribution in [0.5, 0.6) is 0 Å². The van der Waals surface area contributed by atoms with Crippen LogP contribution in [0.3, 0.4) is 0 Å². The van der Waals surface area contributed by atoms with E-state index in [9.17, 15) is 14.0 Å². The Kier molecular flexibility index (Phi) is 7.53. The summed E-state index contributed by atoms with van der Waals surface area (Å²) in [5.74, 6) is -0.525. The monoisotopic (exact) mass is 481 g/mol. The largest absolute Gasteiger partial charge is 0.345 e. The van der Waals surface area contributed by atoms with E-state index in [-0.39, 0.29) is 29.1 Å². The van der Waals surface area contributed by atoms with Crippen LogP contribution in [-0.4, -0.2) is 32.3 Å². The number of aryl methyl sites for hydroxylation is 1. The fraction of sp³-hybridized carbons (Fsp3) is 0.200. The van der Waals surface area contributed by atoms with Crippen LogP contribution >= 0.6 is 35.0 Å². The molecule has 0 aliphatic heterocycles. The predicted molar refractivity (Wildman–Crippen MR) is 119 cm³/mol. The third-order valence-electron chi connectivity index (χ3n) is 4.31. The number of thioether (sulfide) groups is 1. The third-order valence-corrected chi connectivity index (χ3v) is 5.88. The van der Waals surface area contributed by atoms with Crippen molar-refractivity contribution in [2.75, 3.05) is 11.1 Å². The minimum absolute atomic E-state index is 0.0642. The Morgan fingerprint density at radius 2 is 1.94 bits per heavy atom. The Morgan fingerprint density at radius 3 is 2.68 bits per heavy atom. The van der Waals surface area contributed by atoms with Crippen molar-refractivity contribution in [2.24, 2.45) is 7.05 Å². The molecule has 3 rings (SSSR count). The quantitative estimate of drug-likeness (QED) is 0.492. The number of nitrogens with one attached hydrogen (secondary N) is 2. The number of aromatic nitrogens is 3. The van der Waals surface area contributed by atoms with Gasteiger partial charge in [-0.05, 0) is 42.8 Å². The van der Waals surface area contributed by atoms with E-state index >= 15 is 0 Å². The third kappa shape index (κ3) is 5.96. The van der Waals surface area contributed by atoms with Crippen molar-refractivity contribution in [1.29, 1.82) is 0 Å². The molecule has 0 radical (unpaired) electrons. The molecule has 0 bridgehead atoms. The molecular weight excluding hydrogens is 464 g/mol. The van der Waals surface area contributed by atoms with E-state index in [2.05, 4.69) is 20.8 Å². The summed E-state index contributed by atoms with van der Waals surface area (Å²) < 4.78 is 15.0. The summed E-state index contributed by atoms with van der Waals surface area (Å²) in [5.41, 5.74) is 1.48. The smallest absolute Gasteiger partial charge is 0.253 e. The molecule has 0 unspecified atom stereocenters. The molecule has 11 heteroatoms. The van der Waals surface area contributed by atoms with Crippen LogP contribution in [0, 0.1) is 12.7 Å². The number of rotatable bonds is 7.